The van der Waals surface area contributed by atoms with Gasteiger partial charge in [-0.15, -0.1) is 0 Å². The average molecular weight is 454 g/mol. The number of rotatable bonds is 9. The number of thiophene rings is 1. The fourth-order valence-corrected chi connectivity index (χ4v) is 5.71. The van der Waals surface area contributed by atoms with E-state index in [1.165, 1.54) is 4.31 Å². The van der Waals surface area contributed by atoms with Gasteiger partial charge < -0.3 is 20.1 Å². The Hall–Kier alpha value is -0.910. The minimum atomic E-state index is -3.62. The van der Waals surface area contributed by atoms with Gasteiger partial charge in [-0.25, -0.2) is 13.2 Å². The van der Waals surface area contributed by atoms with Gasteiger partial charge in [-0.1, -0.05) is 22.9 Å². The third kappa shape index (κ3) is 6.85. The summed E-state index contributed by atoms with van der Waals surface area (Å²) in [7, 11) is -3.62. The number of hydrogen-bond acceptors (Lipinski definition) is 7. The van der Waals surface area contributed by atoms with Crippen molar-refractivity contribution in [3.05, 3.63) is 16.5 Å². The van der Waals surface area contributed by atoms with Crippen LogP contribution in [0.4, 0.5) is 4.79 Å². The molecule has 28 heavy (non-hydrogen) atoms. The average Bonchev–Trinajstić information content (AvgIpc) is 3.04. The Balaban J connectivity index is 1.86. The van der Waals surface area contributed by atoms with Crippen molar-refractivity contribution < 1.29 is 23.1 Å². The van der Waals surface area contributed by atoms with Crippen LogP contribution in [0.5, 0.6) is 5.06 Å². The molecule has 1 saturated heterocycles. The lowest BCUT2D eigenvalue weighted by molar-refractivity contribution is 0.123. The lowest BCUT2D eigenvalue weighted by Gasteiger charge is -2.39. The molecule has 1 fully saturated rings. The van der Waals surface area contributed by atoms with Crippen molar-refractivity contribution in [2.75, 3.05) is 38.5 Å². The van der Waals surface area contributed by atoms with Crippen LogP contribution in [-0.2, 0) is 10.0 Å². The van der Waals surface area contributed by atoms with Crippen molar-refractivity contribution in [2.24, 2.45) is 0 Å². The van der Waals surface area contributed by atoms with Gasteiger partial charge in [0.15, 0.2) is 5.06 Å². The highest BCUT2D eigenvalue weighted by atomic mass is 35.5. The molecule has 0 radical (unpaired) electrons. The molecule has 0 unspecified atom stereocenters. The minimum Gasteiger partial charge on any atom is -0.399 e. The number of nitrogens with zero attached hydrogens (tertiary/aromatic N) is 2. The lowest BCUT2D eigenvalue weighted by Crippen LogP contribution is -2.51. The molecule has 0 saturated carbocycles. The van der Waals surface area contributed by atoms with E-state index < -0.39 is 16.1 Å². The number of aliphatic hydroxyl groups excluding tert-OH is 1. The van der Waals surface area contributed by atoms with E-state index in [1.54, 1.807) is 12.1 Å². The molecule has 0 aliphatic carbocycles. The summed E-state index contributed by atoms with van der Waals surface area (Å²) in [6, 6.07) is 3.47. The van der Waals surface area contributed by atoms with Gasteiger partial charge in [0.05, 0.1) is 16.7 Å². The predicted molar refractivity (Wildman–Crippen MR) is 111 cm³/mol. The molecule has 1 aromatic heterocycles. The van der Waals surface area contributed by atoms with E-state index in [-0.39, 0.29) is 31.5 Å². The Labute approximate surface area is 175 Å². The fraction of sp³-hybridized carbons (Fsp3) is 0.706. The topological polar surface area (TPSA) is 99.2 Å². The van der Waals surface area contributed by atoms with E-state index in [2.05, 4.69) is 24.1 Å². The van der Waals surface area contributed by atoms with Gasteiger partial charge >= 0.3 is 6.09 Å². The molecule has 0 aromatic carbocycles. The van der Waals surface area contributed by atoms with Gasteiger partial charge in [0.25, 0.3) is 0 Å². The second kappa shape index (κ2) is 10.7. The van der Waals surface area contributed by atoms with Crippen LogP contribution in [-0.4, -0.2) is 79.4 Å². The van der Waals surface area contributed by atoms with Crippen molar-refractivity contribution in [1.29, 1.82) is 0 Å². The van der Waals surface area contributed by atoms with Crippen LogP contribution in [0, 0.1) is 0 Å². The van der Waals surface area contributed by atoms with Crippen LogP contribution in [0.1, 0.15) is 26.7 Å². The second-order valence-electron chi connectivity index (χ2n) is 6.89. The van der Waals surface area contributed by atoms with Crippen molar-refractivity contribution in [3.8, 4) is 5.06 Å². The number of sulfonamides is 1. The van der Waals surface area contributed by atoms with Crippen LogP contribution in [0.15, 0.2) is 12.1 Å². The van der Waals surface area contributed by atoms with Gasteiger partial charge in [-0.2, -0.15) is 4.31 Å². The molecule has 8 nitrogen and oxygen atoms in total. The summed E-state index contributed by atoms with van der Waals surface area (Å²) >= 11 is 6.88. The molecular weight excluding hydrogens is 426 g/mol. The summed E-state index contributed by atoms with van der Waals surface area (Å²) in [5, 5.41) is 12.1. The van der Waals surface area contributed by atoms with Crippen molar-refractivity contribution in [2.45, 2.75) is 38.8 Å². The number of halogens is 1. The first-order chi connectivity index (χ1) is 13.2. The highest BCUT2D eigenvalue weighted by molar-refractivity contribution is 7.89. The maximum absolute atomic E-state index is 12.8. The highest BCUT2D eigenvalue weighted by Crippen LogP contribution is 2.28. The van der Waals surface area contributed by atoms with Crippen LogP contribution in [0.25, 0.3) is 0 Å². The van der Waals surface area contributed by atoms with Crippen molar-refractivity contribution in [1.82, 2.24) is 14.5 Å². The maximum Gasteiger partial charge on any atom is 0.413 e. The molecular formula is C17H28ClN3O5S2. The van der Waals surface area contributed by atoms with Crippen LogP contribution >= 0.6 is 22.9 Å². The highest BCUT2D eigenvalue weighted by Gasteiger charge is 2.32. The molecule has 1 aliphatic rings. The second-order valence-corrected chi connectivity index (χ2v) is 10.6. The van der Waals surface area contributed by atoms with Gasteiger partial charge in [0.1, 0.15) is 0 Å². The molecule has 2 rings (SSSR count). The Bertz CT molecular complexity index is 733. The molecule has 11 heteroatoms. The standard InChI is InChI=1S/C17H28ClN3O5S2/c1-13(2)20-8-5-14(6-9-20)21(10-11-22)28(24,25)12-7-19-17(23)26-16-4-3-15(18)27-16/h3-4,13-14,22H,5-12H2,1-2H3,(H,19,23). The van der Waals surface area contributed by atoms with Gasteiger partial charge in [0, 0.05) is 25.2 Å². The van der Waals surface area contributed by atoms with E-state index in [0.717, 1.165) is 37.3 Å². The van der Waals surface area contributed by atoms with E-state index in [4.69, 9.17) is 16.3 Å². The number of ether oxygens (including phenoxy) is 1. The van der Waals surface area contributed by atoms with Crippen LogP contribution in [0.2, 0.25) is 4.34 Å². The summed E-state index contributed by atoms with van der Waals surface area (Å²) < 4.78 is 32.5. The molecule has 1 aliphatic heterocycles. The van der Waals surface area contributed by atoms with Crippen molar-refractivity contribution >= 4 is 39.1 Å². The van der Waals surface area contributed by atoms with E-state index in [0.29, 0.717) is 15.4 Å². The molecule has 1 aromatic rings. The zero-order chi connectivity index (χ0) is 20.7. The summed E-state index contributed by atoms with van der Waals surface area (Å²) in [6.07, 6.45) is 0.727. The fourth-order valence-electron chi connectivity index (χ4n) is 3.22. The maximum atomic E-state index is 12.8. The monoisotopic (exact) mass is 453 g/mol. The molecule has 1 amide bonds. The van der Waals surface area contributed by atoms with Gasteiger partial charge in [-0.05, 0) is 51.9 Å². The number of hydrogen-bond donors (Lipinski definition) is 2. The number of carbonyl (C=O) groups is 1. The molecule has 0 spiro atoms. The molecule has 2 heterocycles. The summed E-state index contributed by atoms with van der Waals surface area (Å²) in [5.41, 5.74) is 0. The van der Waals surface area contributed by atoms with Crippen LogP contribution in [0.3, 0.4) is 0 Å². The first-order valence-corrected chi connectivity index (χ1v) is 12.1. The van der Waals surface area contributed by atoms with E-state index in [1.807, 2.05) is 0 Å². The third-order valence-corrected chi connectivity index (χ3v) is 7.71. The number of aliphatic hydroxyl groups is 1. The smallest absolute Gasteiger partial charge is 0.399 e. The quantitative estimate of drug-likeness (QED) is 0.593. The van der Waals surface area contributed by atoms with E-state index in [9.17, 15) is 18.3 Å². The SMILES string of the molecule is CC(C)N1CCC(N(CCO)S(=O)(=O)CCNC(=O)Oc2ccc(Cl)s2)CC1. The van der Waals surface area contributed by atoms with Crippen molar-refractivity contribution in [3.63, 3.8) is 0 Å². The Kier molecular flexibility index (Phi) is 8.97. The van der Waals surface area contributed by atoms with Crippen LogP contribution < -0.4 is 10.1 Å². The van der Waals surface area contributed by atoms with Gasteiger partial charge in [0.2, 0.25) is 10.0 Å². The predicted octanol–water partition coefficient (Wildman–Crippen LogP) is 1.99. The Morgan fingerprint density at radius 3 is 2.64 bits per heavy atom. The number of nitrogens with one attached hydrogen (secondary N) is 1. The zero-order valence-corrected chi connectivity index (χ0v) is 18.5. The Morgan fingerprint density at radius 1 is 1.43 bits per heavy atom. The molecule has 0 bridgehead atoms. The molecule has 160 valence electrons. The first kappa shape index (κ1) is 23.4. The normalized spacial score (nSPS) is 16.6. The zero-order valence-electron chi connectivity index (χ0n) is 16.1. The first-order valence-electron chi connectivity index (χ1n) is 9.28. The summed E-state index contributed by atoms with van der Waals surface area (Å²) in [4.78, 5) is 14.1. The van der Waals surface area contributed by atoms with E-state index >= 15 is 0 Å². The summed E-state index contributed by atoms with van der Waals surface area (Å²) in [6.45, 7) is 5.65. The Morgan fingerprint density at radius 2 is 2.11 bits per heavy atom. The number of likely N-dealkylation sites (tertiary alicyclic amines) is 1. The lowest BCUT2D eigenvalue weighted by atomic mass is 10.0. The molecule has 0 atom stereocenters. The number of piperidine rings is 1. The largest absolute Gasteiger partial charge is 0.413 e. The minimum absolute atomic E-state index is 0.0623. The summed E-state index contributed by atoms with van der Waals surface area (Å²) in [5.74, 6) is -0.252. The van der Waals surface area contributed by atoms with Gasteiger partial charge in [-0.3, -0.25) is 0 Å². The number of carbonyl (C=O) groups excluding carboxylic acids is 1. The third-order valence-electron chi connectivity index (χ3n) is 4.69. The molecule has 2 N–H and O–H groups in total. The number of amides is 1.